The second-order valence-corrected chi connectivity index (χ2v) is 6.84. The van der Waals surface area contributed by atoms with Gasteiger partial charge in [-0.25, -0.2) is 0 Å². The van der Waals surface area contributed by atoms with E-state index in [4.69, 9.17) is 4.74 Å². The number of likely N-dealkylation sites (tertiary alicyclic amines) is 1. The van der Waals surface area contributed by atoms with E-state index >= 15 is 0 Å². The first-order chi connectivity index (χ1) is 13.6. The van der Waals surface area contributed by atoms with Crippen LogP contribution in [0.4, 0.5) is 0 Å². The van der Waals surface area contributed by atoms with Gasteiger partial charge in [0.2, 0.25) is 0 Å². The second kappa shape index (κ2) is 11.0. The van der Waals surface area contributed by atoms with Gasteiger partial charge < -0.3 is 20.3 Å². The number of hydrogen-bond acceptors (Lipinski definition) is 4. The van der Waals surface area contributed by atoms with Crippen LogP contribution in [0.1, 0.15) is 28.3 Å². The zero-order chi connectivity index (χ0) is 19.9. The van der Waals surface area contributed by atoms with E-state index in [1.165, 1.54) is 5.56 Å². The first-order valence-corrected chi connectivity index (χ1v) is 9.47. The average molecular weight is 512 g/mol. The minimum absolute atomic E-state index is 0. The van der Waals surface area contributed by atoms with Crippen molar-refractivity contribution < 1.29 is 9.53 Å². The number of benzene rings is 1. The molecule has 0 radical (unpaired) electrons. The van der Waals surface area contributed by atoms with E-state index in [-0.39, 0.29) is 29.9 Å². The number of aryl methyl sites for hydroxylation is 1. The van der Waals surface area contributed by atoms with Gasteiger partial charge in [-0.3, -0.25) is 14.5 Å². The van der Waals surface area contributed by atoms with Crippen molar-refractivity contribution in [3.63, 3.8) is 0 Å². The quantitative estimate of drug-likeness (QED) is 0.267. The number of nitrogens with one attached hydrogen (secondary N) is 2. The lowest BCUT2D eigenvalue weighted by Gasteiger charge is -2.21. The molecule has 0 bridgehead atoms. The summed E-state index contributed by atoms with van der Waals surface area (Å²) in [5.74, 6) is 1.97. The van der Waals surface area contributed by atoms with Gasteiger partial charge in [-0.15, -0.1) is 24.0 Å². The molecule has 0 spiro atoms. The largest absolute Gasteiger partial charge is 0.497 e. The minimum Gasteiger partial charge on any atom is -0.497 e. The predicted octanol–water partition coefficient (Wildman–Crippen LogP) is 1.84. The molecule has 3 rings (SSSR count). The number of amides is 1. The molecule has 1 unspecified atom stereocenters. The number of halogens is 1. The highest BCUT2D eigenvalue weighted by Crippen LogP contribution is 2.26. The fourth-order valence-corrected chi connectivity index (χ4v) is 3.40. The van der Waals surface area contributed by atoms with Crippen molar-refractivity contribution in [2.75, 3.05) is 40.3 Å². The second-order valence-electron chi connectivity index (χ2n) is 6.84. The van der Waals surface area contributed by atoms with E-state index < -0.39 is 0 Å². The molecule has 1 fully saturated rings. The summed E-state index contributed by atoms with van der Waals surface area (Å²) in [6.45, 7) is 3.01. The van der Waals surface area contributed by atoms with Crippen LogP contribution < -0.4 is 15.4 Å². The van der Waals surface area contributed by atoms with Crippen molar-refractivity contribution >= 4 is 35.8 Å². The Morgan fingerprint density at radius 3 is 2.62 bits per heavy atom. The lowest BCUT2D eigenvalue weighted by molar-refractivity contribution is 0.0954. The van der Waals surface area contributed by atoms with Gasteiger partial charge in [-0.2, -0.15) is 5.10 Å². The van der Waals surface area contributed by atoms with Crippen molar-refractivity contribution in [1.82, 2.24) is 25.3 Å². The van der Waals surface area contributed by atoms with Crippen LogP contribution in [0, 0.1) is 0 Å². The van der Waals surface area contributed by atoms with Crippen LogP contribution in [0.15, 0.2) is 41.7 Å². The molecule has 1 aromatic heterocycles. The highest BCUT2D eigenvalue weighted by atomic mass is 127. The monoisotopic (exact) mass is 512 g/mol. The lowest BCUT2D eigenvalue weighted by Crippen LogP contribution is -2.43. The van der Waals surface area contributed by atoms with Crippen LogP contribution in [0.2, 0.25) is 0 Å². The van der Waals surface area contributed by atoms with Gasteiger partial charge in [0.15, 0.2) is 5.96 Å². The summed E-state index contributed by atoms with van der Waals surface area (Å²) >= 11 is 0. The maximum Gasteiger partial charge on any atom is 0.251 e. The number of carbonyl (C=O) groups is 1. The Morgan fingerprint density at radius 2 is 2.00 bits per heavy atom. The first-order valence-electron chi connectivity index (χ1n) is 9.47. The molecule has 2 heterocycles. The van der Waals surface area contributed by atoms with E-state index in [9.17, 15) is 4.79 Å². The standard InChI is InChI=1S/C20H28N6O2.HI/c1-21-20(26-11-8-16(14-26)17-12-24-25(2)13-17)23-10-9-22-19(27)15-4-6-18(28-3)7-5-15;/h4-7,12-13,16H,8-11,14H2,1-3H3,(H,21,23)(H,22,27);1H. The highest BCUT2D eigenvalue weighted by Gasteiger charge is 2.26. The highest BCUT2D eigenvalue weighted by molar-refractivity contribution is 14.0. The molecule has 29 heavy (non-hydrogen) atoms. The summed E-state index contributed by atoms with van der Waals surface area (Å²) in [5, 5.41) is 10.5. The number of nitrogens with zero attached hydrogens (tertiary/aromatic N) is 4. The molecule has 2 N–H and O–H groups in total. The van der Waals surface area contributed by atoms with E-state index in [0.717, 1.165) is 31.2 Å². The number of guanidine groups is 1. The predicted molar refractivity (Wildman–Crippen MR) is 124 cm³/mol. The summed E-state index contributed by atoms with van der Waals surface area (Å²) < 4.78 is 6.95. The van der Waals surface area contributed by atoms with Crippen molar-refractivity contribution in [1.29, 1.82) is 0 Å². The smallest absolute Gasteiger partial charge is 0.251 e. The molecule has 8 nitrogen and oxygen atoms in total. The first kappa shape index (κ1) is 23.0. The normalized spacial score (nSPS) is 16.3. The Bertz CT molecular complexity index is 821. The van der Waals surface area contributed by atoms with E-state index in [1.54, 1.807) is 38.4 Å². The SMILES string of the molecule is CN=C(NCCNC(=O)c1ccc(OC)cc1)N1CCC(c2cnn(C)c2)C1.I. The molecule has 1 aliphatic rings. The molecule has 1 aliphatic heterocycles. The van der Waals surface area contributed by atoms with Gasteiger partial charge in [0, 0.05) is 58.0 Å². The third-order valence-electron chi connectivity index (χ3n) is 4.94. The zero-order valence-corrected chi connectivity index (χ0v) is 19.4. The molecule has 0 saturated carbocycles. The number of hydrogen-bond donors (Lipinski definition) is 2. The van der Waals surface area contributed by atoms with Gasteiger partial charge in [0.1, 0.15) is 5.75 Å². The molecule has 1 saturated heterocycles. The molecule has 158 valence electrons. The van der Waals surface area contributed by atoms with Gasteiger partial charge in [-0.05, 0) is 36.2 Å². The minimum atomic E-state index is -0.0998. The van der Waals surface area contributed by atoms with Crippen molar-refractivity contribution in [3.8, 4) is 5.75 Å². The Hall–Kier alpha value is -2.30. The zero-order valence-electron chi connectivity index (χ0n) is 17.1. The van der Waals surface area contributed by atoms with Gasteiger partial charge in [0.05, 0.1) is 13.3 Å². The maximum atomic E-state index is 12.2. The maximum absolute atomic E-state index is 12.2. The third-order valence-corrected chi connectivity index (χ3v) is 4.94. The molecule has 9 heteroatoms. The molecule has 1 atom stereocenters. The third kappa shape index (κ3) is 6.09. The Morgan fingerprint density at radius 1 is 1.28 bits per heavy atom. The Kier molecular flexibility index (Phi) is 8.74. The summed E-state index contributed by atoms with van der Waals surface area (Å²) in [4.78, 5) is 18.8. The van der Waals surface area contributed by atoms with E-state index in [1.807, 2.05) is 17.9 Å². The number of methoxy groups -OCH3 is 1. The van der Waals surface area contributed by atoms with Crippen molar-refractivity contribution in [3.05, 3.63) is 47.8 Å². The van der Waals surface area contributed by atoms with Crippen LogP contribution in [-0.2, 0) is 7.05 Å². The van der Waals surface area contributed by atoms with Crippen LogP contribution in [-0.4, -0.2) is 66.9 Å². The van der Waals surface area contributed by atoms with Crippen LogP contribution in [0.25, 0.3) is 0 Å². The summed E-state index contributed by atoms with van der Waals surface area (Å²) in [6, 6.07) is 7.06. The fraction of sp³-hybridized carbons (Fsp3) is 0.450. The van der Waals surface area contributed by atoms with E-state index in [2.05, 4.69) is 31.8 Å². The van der Waals surface area contributed by atoms with E-state index in [0.29, 0.717) is 24.6 Å². The number of aliphatic imine (C=N–C) groups is 1. The molecular formula is C20H29IN6O2. The number of carbonyl (C=O) groups excluding carboxylic acids is 1. The van der Waals surface area contributed by atoms with Gasteiger partial charge in [-0.1, -0.05) is 0 Å². The van der Waals surface area contributed by atoms with Gasteiger partial charge in [0.25, 0.3) is 5.91 Å². The van der Waals surface area contributed by atoms with Crippen LogP contribution in [0.5, 0.6) is 5.75 Å². The van der Waals surface area contributed by atoms with Crippen LogP contribution >= 0.6 is 24.0 Å². The average Bonchev–Trinajstić information content (AvgIpc) is 3.37. The van der Waals surface area contributed by atoms with Crippen LogP contribution in [0.3, 0.4) is 0 Å². The summed E-state index contributed by atoms with van der Waals surface area (Å²) in [6.07, 6.45) is 5.11. The number of ether oxygens (including phenoxy) is 1. The molecule has 0 aliphatic carbocycles. The number of aromatic nitrogens is 2. The number of rotatable bonds is 6. The molecule has 2 aromatic rings. The molecule has 1 aromatic carbocycles. The topological polar surface area (TPSA) is 83.8 Å². The summed E-state index contributed by atoms with van der Waals surface area (Å²) in [7, 11) is 5.33. The molecular weight excluding hydrogens is 483 g/mol. The summed E-state index contributed by atoms with van der Waals surface area (Å²) in [5.41, 5.74) is 1.89. The van der Waals surface area contributed by atoms with Crippen molar-refractivity contribution in [2.45, 2.75) is 12.3 Å². The van der Waals surface area contributed by atoms with Crippen molar-refractivity contribution in [2.24, 2.45) is 12.0 Å². The Balaban J connectivity index is 0.00000300. The van der Waals surface area contributed by atoms with Gasteiger partial charge >= 0.3 is 0 Å². The molecule has 1 amide bonds. The Labute approximate surface area is 188 Å². The fourth-order valence-electron chi connectivity index (χ4n) is 3.40. The lowest BCUT2D eigenvalue weighted by atomic mass is 10.0.